The lowest BCUT2D eigenvalue weighted by Gasteiger charge is -2.32. The van der Waals surface area contributed by atoms with Gasteiger partial charge in [0.2, 0.25) is 0 Å². The van der Waals surface area contributed by atoms with Crippen molar-refractivity contribution in [2.75, 3.05) is 0 Å². The van der Waals surface area contributed by atoms with E-state index in [1.54, 1.807) is 0 Å². The molecule has 1 unspecified atom stereocenters. The summed E-state index contributed by atoms with van der Waals surface area (Å²) in [5, 5.41) is 11.4. The number of fused-ring (bicyclic) bond motifs is 22. The zero-order valence-electron chi connectivity index (χ0n) is 42.8. The highest BCUT2D eigenvalue weighted by Gasteiger charge is 2.53. The molecule has 0 radical (unpaired) electrons. The Labute approximate surface area is 449 Å². The first-order valence-corrected chi connectivity index (χ1v) is 27.5. The van der Waals surface area contributed by atoms with Crippen LogP contribution in [0.4, 0.5) is 0 Å². The summed E-state index contributed by atoms with van der Waals surface area (Å²) >= 11 is 0. The molecule has 15 aromatic rings. The number of nitrogens with zero attached hydrogens (tertiary/aromatic N) is 4. The molecule has 1 atom stereocenters. The van der Waals surface area contributed by atoms with Crippen LogP contribution in [0.1, 0.15) is 35.6 Å². The summed E-state index contributed by atoms with van der Waals surface area (Å²) in [6.07, 6.45) is 6.00. The number of hydrogen-bond acceptors (Lipinski definition) is 0. The predicted molar refractivity (Wildman–Crippen MR) is 325 cm³/mol. The fraction of sp³-hybridized carbons (Fsp3) is 0.0541. The van der Waals surface area contributed by atoms with Gasteiger partial charge in [-0.3, -0.25) is 0 Å². The molecule has 0 fully saturated rings. The molecule has 3 aliphatic carbocycles. The largest absolute Gasteiger partial charge is 0.310 e. The molecule has 1 spiro atoms. The molecule has 4 heteroatoms. The molecule has 364 valence electrons. The molecule has 4 aromatic heterocycles. The summed E-state index contributed by atoms with van der Waals surface area (Å²) in [7, 11) is 0. The molecular weight excluding hydrogens is 945 g/mol. The van der Waals surface area contributed by atoms with Crippen LogP contribution in [0.25, 0.3) is 133 Å². The molecule has 11 aromatic carbocycles. The Bertz CT molecular complexity index is 4780. The maximum atomic E-state index is 2.58. The highest BCUT2D eigenvalue weighted by Crippen LogP contribution is 2.64. The predicted octanol–water partition coefficient (Wildman–Crippen LogP) is 16.9. The van der Waals surface area contributed by atoms with Crippen molar-refractivity contribution in [3.63, 3.8) is 0 Å². The summed E-state index contributed by atoms with van der Waals surface area (Å²) < 4.78 is 10.0. The number of hydrogen-bond donors (Lipinski definition) is 0. The average Bonchev–Trinajstić information content (AvgIpc) is 4.50. The number of para-hydroxylation sites is 7. The Morgan fingerprint density at radius 1 is 0.308 bits per heavy atom. The highest BCUT2D eigenvalue weighted by molar-refractivity contribution is 6.12. The molecule has 18 rings (SSSR count). The van der Waals surface area contributed by atoms with Crippen LogP contribution in [-0.2, 0) is 5.41 Å². The molecule has 0 amide bonds. The molecule has 4 heterocycles. The van der Waals surface area contributed by atoms with E-state index in [1.165, 1.54) is 137 Å². The summed E-state index contributed by atoms with van der Waals surface area (Å²) in [4.78, 5) is 0. The van der Waals surface area contributed by atoms with E-state index < -0.39 is 5.41 Å². The van der Waals surface area contributed by atoms with Gasteiger partial charge in [-0.25, -0.2) is 0 Å². The van der Waals surface area contributed by atoms with E-state index in [2.05, 4.69) is 280 Å². The second kappa shape index (κ2) is 15.4. The van der Waals surface area contributed by atoms with E-state index in [4.69, 9.17) is 0 Å². The van der Waals surface area contributed by atoms with E-state index in [0.717, 1.165) is 23.5 Å². The van der Waals surface area contributed by atoms with Crippen LogP contribution < -0.4 is 10.6 Å². The van der Waals surface area contributed by atoms with Crippen LogP contribution in [0.5, 0.6) is 0 Å². The quantitative estimate of drug-likeness (QED) is 0.167. The Balaban J connectivity index is 0.999. The maximum Gasteiger partial charge on any atom is 0.0728 e. The first-order valence-electron chi connectivity index (χ1n) is 27.5. The lowest BCUT2D eigenvalue weighted by Crippen LogP contribution is -2.32. The second-order valence-corrected chi connectivity index (χ2v) is 22.0. The fourth-order valence-electron chi connectivity index (χ4n) is 14.9. The number of rotatable bonds is 4. The van der Waals surface area contributed by atoms with Crippen molar-refractivity contribution in [3.05, 3.63) is 275 Å². The van der Waals surface area contributed by atoms with Crippen LogP contribution in [-0.4, -0.2) is 18.3 Å². The molecule has 0 aliphatic heterocycles. The summed E-state index contributed by atoms with van der Waals surface area (Å²) in [5.74, 6) is 0.428. The Kier molecular flexibility index (Phi) is 8.34. The highest BCUT2D eigenvalue weighted by atomic mass is 15.0. The smallest absolute Gasteiger partial charge is 0.0728 e. The standard InChI is InChI=1S/C74H48N4/c1-45-30-35-61-60-22-8-15-29-72(60)78(73(61)40-45)49-34-39-53-52-38-33-48(77-70-27-13-6-20-58(70)59-21-7-14-28-71(59)77)43-64(52)74(65(53)44-49)62-41-46(75-66-23-9-2-16-54(66)55-17-3-10-24-67(55)75)31-36-50(62)51-37-32-47(42-63(51)74)76-68-25-11-4-18-56(68)57-19-5-12-26-69(57)76/h2-29,31-45H,30H2,1H3. The van der Waals surface area contributed by atoms with Crippen LogP contribution >= 0.6 is 0 Å². The molecule has 3 aliphatic rings. The van der Waals surface area contributed by atoms with Gasteiger partial charge >= 0.3 is 0 Å². The monoisotopic (exact) mass is 992 g/mol. The fourth-order valence-corrected chi connectivity index (χ4v) is 14.9. The Morgan fingerprint density at radius 3 is 0.897 bits per heavy atom. The molecule has 0 bridgehead atoms. The topological polar surface area (TPSA) is 19.7 Å². The van der Waals surface area contributed by atoms with Gasteiger partial charge < -0.3 is 18.3 Å². The van der Waals surface area contributed by atoms with E-state index in [0.29, 0.717) is 5.92 Å². The van der Waals surface area contributed by atoms with Crippen LogP contribution in [0.3, 0.4) is 0 Å². The first-order chi connectivity index (χ1) is 38.6. The molecule has 0 saturated heterocycles. The van der Waals surface area contributed by atoms with Gasteiger partial charge in [0, 0.05) is 65.7 Å². The summed E-state index contributed by atoms with van der Waals surface area (Å²) in [6.45, 7) is 2.35. The van der Waals surface area contributed by atoms with Crippen molar-refractivity contribution in [2.45, 2.75) is 18.8 Å². The Hall–Kier alpha value is -9.90. The van der Waals surface area contributed by atoms with E-state index in [9.17, 15) is 0 Å². The van der Waals surface area contributed by atoms with Gasteiger partial charge in [-0.1, -0.05) is 171 Å². The molecule has 4 nitrogen and oxygen atoms in total. The van der Waals surface area contributed by atoms with Crippen LogP contribution in [0.2, 0.25) is 0 Å². The van der Waals surface area contributed by atoms with Crippen molar-refractivity contribution >= 4 is 88.5 Å². The van der Waals surface area contributed by atoms with Gasteiger partial charge in [-0.05, 0) is 148 Å². The Morgan fingerprint density at radius 2 is 0.577 bits per heavy atom. The lowest BCUT2D eigenvalue weighted by molar-refractivity contribution is 0.785. The van der Waals surface area contributed by atoms with Crippen molar-refractivity contribution in [1.82, 2.24) is 18.3 Å². The van der Waals surface area contributed by atoms with Gasteiger partial charge in [0.05, 0.1) is 49.4 Å². The van der Waals surface area contributed by atoms with Gasteiger partial charge in [-0.2, -0.15) is 0 Å². The third kappa shape index (κ3) is 5.38. The third-order valence-corrected chi connectivity index (χ3v) is 18.1. The molecular formula is C74H48N4. The number of aromatic nitrogens is 4. The summed E-state index contributed by atoms with van der Waals surface area (Å²) in [6, 6.07) is 92.0. The maximum absolute atomic E-state index is 2.58. The van der Waals surface area contributed by atoms with E-state index in [1.807, 2.05) is 0 Å². The number of benzene rings is 11. The molecule has 0 N–H and O–H groups in total. The van der Waals surface area contributed by atoms with Crippen molar-refractivity contribution in [1.29, 1.82) is 0 Å². The normalized spacial score (nSPS) is 14.9. The van der Waals surface area contributed by atoms with E-state index in [-0.39, 0.29) is 0 Å². The van der Waals surface area contributed by atoms with Gasteiger partial charge in [0.1, 0.15) is 0 Å². The molecule has 78 heavy (non-hydrogen) atoms. The van der Waals surface area contributed by atoms with Gasteiger partial charge in [-0.15, -0.1) is 0 Å². The minimum Gasteiger partial charge on any atom is -0.310 e. The minimum absolute atomic E-state index is 0.428. The van der Waals surface area contributed by atoms with Gasteiger partial charge in [0.15, 0.2) is 0 Å². The average molecular weight is 993 g/mol. The zero-order chi connectivity index (χ0) is 51.0. The summed E-state index contributed by atoms with van der Waals surface area (Å²) in [5.41, 5.74) is 22.5. The lowest BCUT2D eigenvalue weighted by atomic mass is 9.70. The first kappa shape index (κ1) is 42.3. The minimum atomic E-state index is -0.754. The zero-order valence-corrected chi connectivity index (χ0v) is 42.8. The van der Waals surface area contributed by atoms with Crippen LogP contribution in [0.15, 0.2) is 243 Å². The van der Waals surface area contributed by atoms with Crippen molar-refractivity contribution in [3.8, 4) is 45.0 Å². The van der Waals surface area contributed by atoms with E-state index >= 15 is 0 Å². The second-order valence-electron chi connectivity index (χ2n) is 22.0. The third-order valence-electron chi connectivity index (χ3n) is 18.1. The molecule has 0 saturated carbocycles. The van der Waals surface area contributed by atoms with Crippen molar-refractivity contribution in [2.24, 2.45) is 5.92 Å². The van der Waals surface area contributed by atoms with Crippen molar-refractivity contribution < 1.29 is 0 Å². The van der Waals surface area contributed by atoms with Crippen LogP contribution in [0, 0.1) is 5.92 Å². The SMILES string of the molecule is CC1C=c2c(c3ccccc3n2-c2ccc3c(c2)C2(c4cc(-n5c6ccccc6c6ccccc65)ccc4-3)c3cc(-n4c5ccccc5c5ccccc54)ccc3-c3ccc(-n4c5ccccc5c5ccccc54)cc32)=CC1. The van der Waals surface area contributed by atoms with Gasteiger partial charge in [0.25, 0.3) is 0 Å².